The SMILES string of the molecule is C=C/C(=C(N)\C(N)=C/C)c1ccc(C)s1. The third kappa shape index (κ3) is 2.50. The Labute approximate surface area is 94.6 Å². The maximum atomic E-state index is 5.95. The highest BCUT2D eigenvalue weighted by molar-refractivity contribution is 7.13. The third-order valence-electron chi connectivity index (χ3n) is 2.12. The fourth-order valence-corrected chi connectivity index (χ4v) is 2.16. The fraction of sp³-hybridized carbons (Fsp3) is 0.167. The van der Waals surface area contributed by atoms with Gasteiger partial charge in [0.1, 0.15) is 0 Å². The van der Waals surface area contributed by atoms with Gasteiger partial charge < -0.3 is 11.5 Å². The standard InChI is InChI=1S/C12H16N2S/c1-4-9(12(14)10(13)5-2)11-7-6-8(3)15-11/h4-7H,1,13-14H2,2-3H3/b10-5+,12-9-. The van der Waals surface area contributed by atoms with E-state index in [0.29, 0.717) is 11.4 Å². The molecule has 0 atom stereocenters. The highest BCUT2D eigenvalue weighted by Crippen LogP contribution is 2.26. The molecule has 0 saturated carbocycles. The van der Waals surface area contributed by atoms with Crippen molar-refractivity contribution in [2.45, 2.75) is 13.8 Å². The molecule has 80 valence electrons. The van der Waals surface area contributed by atoms with Gasteiger partial charge in [-0.3, -0.25) is 0 Å². The molecule has 1 aromatic heterocycles. The quantitative estimate of drug-likeness (QED) is 0.770. The Morgan fingerprint density at radius 3 is 2.47 bits per heavy atom. The van der Waals surface area contributed by atoms with Crippen molar-refractivity contribution in [2.75, 3.05) is 0 Å². The first kappa shape index (κ1) is 11.6. The lowest BCUT2D eigenvalue weighted by atomic mass is 10.1. The molecule has 0 aromatic carbocycles. The molecule has 0 aliphatic heterocycles. The van der Waals surface area contributed by atoms with E-state index < -0.39 is 0 Å². The molecule has 0 aliphatic carbocycles. The molecule has 4 N–H and O–H groups in total. The van der Waals surface area contributed by atoms with Crippen molar-refractivity contribution in [3.63, 3.8) is 0 Å². The lowest BCUT2D eigenvalue weighted by Crippen LogP contribution is -2.10. The second-order valence-electron chi connectivity index (χ2n) is 3.19. The van der Waals surface area contributed by atoms with Crippen LogP contribution in [-0.4, -0.2) is 0 Å². The first-order valence-corrected chi connectivity index (χ1v) is 5.53. The Kier molecular flexibility index (Phi) is 3.74. The van der Waals surface area contributed by atoms with Crippen LogP contribution in [0, 0.1) is 6.92 Å². The average molecular weight is 220 g/mol. The van der Waals surface area contributed by atoms with E-state index in [9.17, 15) is 0 Å². The van der Waals surface area contributed by atoms with E-state index in [4.69, 9.17) is 11.5 Å². The predicted octanol–water partition coefficient (Wildman–Crippen LogP) is 2.77. The lowest BCUT2D eigenvalue weighted by Gasteiger charge is -2.06. The van der Waals surface area contributed by atoms with Crippen molar-refractivity contribution in [1.82, 2.24) is 0 Å². The van der Waals surface area contributed by atoms with Gasteiger partial charge in [-0.25, -0.2) is 0 Å². The van der Waals surface area contributed by atoms with Gasteiger partial charge in [0.2, 0.25) is 0 Å². The van der Waals surface area contributed by atoms with Gasteiger partial charge in [0, 0.05) is 15.3 Å². The number of allylic oxidation sites excluding steroid dienone is 3. The molecule has 0 amide bonds. The molecule has 0 fully saturated rings. The molecule has 0 aliphatic rings. The van der Waals surface area contributed by atoms with E-state index in [0.717, 1.165) is 10.5 Å². The first-order valence-electron chi connectivity index (χ1n) is 4.71. The largest absolute Gasteiger partial charge is 0.397 e. The Balaban J connectivity index is 3.24. The Morgan fingerprint density at radius 1 is 1.40 bits per heavy atom. The highest BCUT2D eigenvalue weighted by atomic mass is 32.1. The van der Waals surface area contributed by atoms with Crippen molar-refractivity contribution < 1.29 is 0 Å². The van der Waals surface area contributed by atoms with Crippen molar-refractivity contribution in [2.24, 2.45) is 11.5 Å². The van der Waals surface area contributed by atoms with Crippen LogP contribution in [0.3, 0.4) is 0 Å². The number of hydrogen-bond acceptors (Lipinski definition) is 3. The van der Waals surface area contributed by atoms with Crippen LogP contribution in [0.5, 0.6) is 0 Å². The molecule has 0 spiro atoms. The van der Waals surface area contributed by atoms with Gasteiger partial charge in [0.15, 0.2) is 0 Å². The van der Waals surface area contributed by atoms with Crippen LogP contribution in [0.15, 0.2) is 42.3 Å². The summed E-state index contributed by atoms with van der Waals surface area (Å²) in [6, 6.07) is 4.09. The summed E-state index contributed by atoms with van der Waals surface area (Å²) in [4.78, 5) is 2.35. The number of hydrogen-bond donors (Lipinski definition) is 2. The second-order valence-corrected chi connectivity index (χ2v) is 4.47. The van der Waals surface area contributed by atoms with Crippen molar-refractivity contribution in [1.29, 1.82) is 0 Å². The summed E-state index contributed by atoms with van der Waals surface area (Å²) >= 11 is 1.68. The van der Waals surface area contributed by atoms with Gasteiger partial charge >= 0.3 is 0 Å². The minimum atomic E-state index is 0.592. The summed E-state index contributed by atoms with van der Waals surface area (Å²) in [5.41, 5.74) is 13.8. The summed E-state index contributed by atoms with van der Waals surface area (Å²) < 4.78 is 0. The van der Waals surface area contributed by atoms with Crippen LogP contribution in [-0.2, 0) is 0 Å². The first-order chi connectivity index (χ1) is 7.10. The van der Waals surface area contributed by atoms with Gasteiger partial charge in [-0.2, -0.15) is 0 Å². The Morgan fingerprint density at radius 2 is 2.07 bits per heavy atom. The monoisotopic (exact) mass is 220 g/mol. The molecule has 0 unspecified atom stereocenters. The number of rotatable bonds is 3. The molecular formula is C12H16N2S. The normalized spacial score (nSPS) is 13.6. The predicted molar refractivity (Wildman–Crippen MR) is 68.3 cm³/mol. The topological polar surface area (TPSA) is 52.0 Å². The summed E-state index contributed by atoms with van der Waals surface area (Å²) in [5.74, 6) is 0. The average Bonchev–Trinajstić information content (AvgIpc) is 2.64. The maximum Gasteiger partial charge on any atom is 0.0632 e. The summed E-state index contributed by atoms with van der Waals surface area (Å²) in [6.45, 7) is 7.69. The molecule has 1 rings (SSSR count). The van der Waals surface area contributed by atoms with E-state index in [1.807, 2.05) is 13.0 Å². The lowest BCUT2D eigenvalue weighted by molar-refractivity contribution is 1.24. The molecular weight excluding hydrogens is 204 g/mol. The van der Waals surface area contributed by atoms with Crippen molar-refractivity contribution >= 4 is 16.9 Å². The van der Waals surface area contributed by atoms with Gasteiger partial charge in [0.05, 0.1) is 11.4 Å². The van der Waals surface area contributed by atoms with Crippen LogP contribution in [0.4, 0.5) is 0 Å². The third-order valence-corrected chi connectivity index (χ3v) is 3.16. The molecule has 0 radical (unpaired) electrons. The molecule has 0 bridgehead atoms. The molecule has 1 aromatic rings. The maximum absolute atomic E-state index is 5.95. The second kappa shape index (κ2) is 4.84. The van der Waals surface area contributed by atoms with Crippen LogP contribution in [0.2, 0.25) is 0 Å². The van der Waals surface area contributed by atoms with Crippen LogP contribution in [0.25, 0.3) is 5.57 Å². The minimum Gasteiger partial charge on any atom is -0.397 e. The van der Waals surface area contributed by atoms with E-state index in [1.165, 1.54) is 4.88 Å². The van der Waals surface area contributed by atoms with Gasteiger partial charge in [-0.1, -0.05) is 18.7 Å². The van der Waals surface area contributed by atoms with E-state index in [2.05, 4.69) is 19.6 Å². The fourth-order valence-electron chi connectivity index (χ4n) is 1.23. The summed E-state index contributed by atoms with van der Waals surface area (Å²) in [6.07, 6.45) is 3.54. The zero-order chi connectivity index (χ0) is 11.4. The molecule has 3 heteroatoms. The molecule has 2 nitrogen and oxygen atoms in total. The van der Waals surface area contributed by atoms with Gasteiger partial charge in [-0.15, -0.1) is 11.3 Å². The zero-order valence-corrected chi connectivity index (χ0v) is 9.90. The number of nitrogens with two attached hydrogens (primary N) is 2. The molecule has 1 heterocycles. The van der Waals surface area contributed by atoms with Gasteiger partial charge in [0.25, 0.3) is 0 Å². The molecule has 0 saturated heterocycles. The van der Waals surface area contributed by atoms with Gasteiger partial charge in [-0.05, 0) is 26.0 Å². The van der Waals surface area contributed by atoms with Crippen molar-refractivity contribution in [3.8, 4) is 0 Å². The van der Waals surface area contributed by atoms with Crippen LogP contribution >= 0.6 is 11.3 Å². The number of aryl methyl sites for hydroxylation is 1. The molecule has 15 heavy (non-hydrogen) atoms. The summed E-state index contributed by atoms with van der Waals surface area (Å²) in [5, 5.41) is 0. The Hall–Kier alpha value is -1.48. The van der Waals surface area contributed by atoms with Crippen molar-refractivity contribution in [3.05, 3.63) is 52.0 Å². The van der Waals surface area contributed by atoms with E-state index in [-0.39, 0.29) is 0 Å². The summed E-state index contributed by atoms with van der Waals surface area (Å²) in [7, 11) is 0. The zero-order valence-electron chi connectivity index (χ0n) is 9.08. The smallest absolute Gasteiger partial charge is 0.0632 e. The van der Waals surface area contributed by atoms with Crippen LogP contribution < -0.4 is 11.5 Å². The number of thiophene rings is 1. The van der Waals surface area contributed by atoms with E-state index in [1.54, 1.807) is 23.5 Å². The highest BCUT2D eigenvalue weighted by Gasteiger charge is 2.06. The Bertz CT molecular complexity index is 425. The van der Waals surface area contributed by atoms with Crippen LogP contribution in [0.1, 0.15) is 16.7 Å². The van der Waals surface area contributed by atoms with E-state index >= 15 is 0 Å². The minimum absolute atomic E-state index is 0.592.